The second-order valence-electron chi connectivity index (χ2n) is 4.39. The summed E-state index contributed by atoms with van der Waals surface area (Å²) in [5.41, 5.74) is 5.04. The van der Waals surface area contributed by atoms with Gasteiger partial charge in [0.1, 0.15) is 0 Å². The molecular weight excluding hydrogens is 306 g/mol. The molecule has 19 heavy (non-hydrogen) atoms. The van der Waals surface area contributed by atoms with Gasteiger partial charge in [-0.1, -0.05) is 18.2 Å². The Balaban J connectivity index is 2.08. The lowest BCUT2D eigenvalue weighted by molar-refractivity contribution is 0.757. The minimum Gasteiger partial charge on any atom is -0.325 e. The number of nitrogen functional groups attached to an aromatic ring is 1. The van der Waals surface area contributed by atoms with Gasteiger partial charge < -0.3 is 4.90 Å². The fourth-order valence-electron chi connectivity index (χ4n) is 2.37. The molecule has 0 bridgehead atoms. The molecule has 0 aliphatic carbocycles. The molecule has 2 aromatic rings. The van der Waals surface area contributed by atoms with Crippen molar-refractivity contribution in [2.75, 3.05) is 16.9 Å². The van der Waals surface area contributed by atoms with Crippen molar-refractivity contribution in [1.82, 2.24) is 9.97 Å². The molecule has 2 heterocycles. The van der Waals surface area contributed by atoms with E-state index in [1.54, 1.807) is 6.20 Å². The smallest absolute Gasteiger partial charge is 0.239 e. The maximum Gasteiger partial charge on any atom is 0.239 e. The van der Waals surface area contributed by atoms with Crippen molar-refractivity contribution in [3.05, 3.63) is 40.5 Å². The van der Waals surface area contributed by atoms with E-state index in [0.717, 1.165) is 29.7 Å². The van der Waals surface area contributed by atoms with Crippen molar-refractivity contribution in [2.24, 2.45) is 5.84 Å². The molecule has 0 unspecified atom stereocenters. The van der Waals surface area contributed by atoms with E-state index in [-0.39, 0.29) is 0 Å². The Hall–Kier alpha value is -1.66. The summed E-state index contributed by atoms with van der Waals surface area (Å²) in [6.07, 6.45) is 3.94. The van der Waals surface area contributed by atoms with E-state index >= 15 is 0 Å². The molecule has 0 saturated carbocycles. The topological polar surface area (TPSA) is 67.1 Å². The molecule has 5 nitrogen and oxygen atoms in total. The number of hydrogen-bond acceptors (Lipinski definition) is 5. The first-order valence-corrected chi connectivity index (χ1v) is 6.93. The summed E-state index contributed by atoms with van der Waals surface area (Å²) in [5, 5.41) is 0. The van der Waals surface area contributed by atoms with Gasteiger partial charge in [-0.3, -0.25) is 5.43 Å². The van der Waals surface area contributed by atoms with Crippen molar-refractivity contribution in [1.29, 1.82) is 0 Å². The summed E-state index contributed by atoms with van der Waals surface area (Å²) in [6.45, 7) is 0.941. The first-order valence-electron chi connectivity index (χ1n) is 6.14. The second kappa shape index (κ2) is 5.14. The molecule has 3 N–H and O–H groups in total. The third kappa shape index (κ3) is 2.29. The van der Waals surface area contributed by atoms with Gasteiger partial charge in [0.15, 0.2) is 5.82 Å². The standard InChI is InChI=1S/C13H14BrN5/c14-10-8-16-13(18-15)17-12(10)19-7-3-5-9-4-1-2-6-11(9)19/h1-2,4,6,8H,3,5,7,15H2,(H,16,17,18). The van der Waals surface area contributed by atoms with Gasteiger partial charge in [0, 0.05) is 18.4 Å². The third-order valence-electron chi connectivity index (χ3n) is 3.22. The number of nitrogens with two attached hydrogens (primary N) is 1. The van der Waals surface area contributed by atoms with E-state index < -0.39 is 0 Å². The van der Waals surface area contributed by atoms with Crippen LogP contribution in [0.1, 0.15) is 12.0 Å². The number of halogens is 1. The van der Waals surface area contributed by atoms with Crippen LogP contribution in [-0.4, -0.2) is 16.5 Å². The van der Waals surface area contributed by atoms with E-state index in [4.69, 9.17) is 5.84 Å². The lowest BCUT2D eigenvalue weighted by Crippen LogP contribution is -2.26. The van der Waals surface area contributed by atoms with Gasteiger partial charge in [-0.05, 0) is 40.4 Å². The summed E-state index contributed by atoms with van der Waals surface area (Å²) in [7, 11) is 0. The van der Waals surface area contributed by atoms with Crippen LogP contribution in [0.3, 0.4) is 0 Å². The van der Waals surface area contributed by atoms with Crippen LogP contribution in [0.2, 0.25) is 0 Å². The Morgan fingerprint density at radius 3 is 3.00 bits per heavy atom. The van der Waals surface area contributed by atoms with Crippen molar-refractivity contribution >= 4 is 33.4 Å². The number of fused-ring (bicyclic) bond motifs is 1. The molecule has 0 fully saturated rings. The number of nitrogens with zero attached hydrogens (tertiary/aromatic N) is 3. The number of benzene rings is 1. The third-order valence-corrected chi connectivity index (χ3v) is 3.78. The maximum absolute atomic E-state index is 5.38. The summed E-state index contributed by atoms with van der Waals surface area (Å²) in [5.74, 6) is 6.64. The van der Waals surface area contributed by atoms with Crippen molar-refractivity contribution < 1.29 is 0 Å². The molecule has 0 atom stereocenters. The molecule has 0 spiro atoms. The monoisotopic (exact) mass is 319 g/mol. The van der Waals surface area contributed by atoms with Gasteiger partial charge in [-0.2, -0.15) is 4.98 Å². The molecule has 3 rings (SSSR count). The number of hydrazine groups is 1. The zero-order valence-corrected chi connectivity index (χ0v) is 11.9. The van der Waals surface area contributed by atoms with Crippen molar-refractivity contribution in [3.8, 4) is 0 Å². The van der Waals surface area contributed by atoms with E-state index in [0.29, 0.717) is 5.95 Å². The molecule has 0 radical (unpaired) electrons. The highest BCUT2D eigenvalue weighted by molar-refractivity contribution is 9.10. The minimum atomic E-state index is 0.418. The van der Waals surface area contributed by atoms with E-state index in [9.17, 15) is 0 Å². The first-order chi connectivity index (χ1) is 9.29. The quantitative estimate of drug-likeness (QED) is 0.658. The Morgan fingerprint density at radius 2 is 2.16 bits per heavy atom. The number of aromatic nitrogens is 2. The normalized spacial score (nSPS) is 14.1. The molecule has 1 aromatic heterocycles. The van der Waals surface area contributed by atoms with Crippen LogP contribution in [-0.2, 0) is 6.42 Å². The Kier molecular flexibility index (Phi) is 3.35. The molecule has 1 aliphatic heterocycles. The molecular formula is C13H14BrN5. The Morgan fingerprint density at radius 1 is 1.32 bits per heavy atom. The molecule has 98 valence electrons. The van der Waals surface area contributed by atoms with Gasteiger partial charge in [-0.25, -0.2) is 10.8 Å². The van der Waals surface area contributed by atoms with Crippen LogP contribution in [0.25, 0.3) is 0 Å². The van der Waals surface area contributed by atoms with E-state index in [1.807, 2.05) is 6.07 Å². The van der Waals surface area contributed by atoms with Crippen LogP contribution in [0.5, 0.6) is 0 Å². The highest BCUT2D eigenvalue weighted by Crippen LogP contribution is 2.35. The number of aryl methyl sites for hydroxylation is 1. The predicted molar refractivity (Wildman–Crippen MR) is 79.3 cm³/mol. The number of rotatable bonds is 2. The van der Waals surface area contributed by atoms with E-state index in [2.05, 4.69) is 54.4 Å². The van der Waals surface area contributed by atoms with Crippen LogP contribution < -0.4 is 16.2 Å². The van der Waals surface area contributed by atoms with Crippen LogP contribution >= 0.6 is 15.9 Å². The van der Waals surface area contributed by atoms with E-state index in [1.165, 1.54) is 11.3 Å². The summed E-state index contributed by atoms with van der Waals surface area (Å²) in [6, 6.07) is 8.41. The molecule has 1 aromatic carbocycles. The Labute approximate surface area is 120 Å². The fraction of sp³-hybridized carbons (Fsp3) is 0.231. The number of anilines is 3. The SMILES string of the molecule is NNc1ncc(Br)c(N2CCCc3ccccc32)n1. The molecule has 0 saturated heterocycles. The number of hydrogen-bond donors (Lipinski definition) is 2. The molecule has 1 aliphatic rings. The molecule has 0 amide bonds. The van der Waals surface area contributed by atoms with Gasteiger partial charge in [0.05, 0.1) is 4.47 Å². The lowest BCUT2D eigenvalue weighted by atomic mass is 10.0. The highest BCUT2D eigenvalue weighted by atomic mass is 79.9. The average molecular weight is 320 g/mol. The zero-order valence-electron chi connectivity index (χ0n) is 10.3. The van der Waals surface area contributed by atoms with Gasteiger partial charge in [0.25, 0.3) is 0 Å². The van der Waals surface area contributed by atoms with Crippen LogP contribution in [0.4, 0.5) is 17.5 Å². The summed E-state index contributed by atoms with van der Waals surface area (Å²) < 4.78 is 0.864. The lowest BCUT2D eigenvalue weighted by Gasteiger charge is -2.31. The largest absolute Gasteiger partial charge is 0.325 e. The summed E-state index contributed by atoms with van der Waals surface area (Å²) >= 11 is 3.51. The Bertz CT molecular complexity index is 601. The number of para-hydroxylation sites is 1. The fourth-order valence-corrected chi connectivity index (χ4v) is 2.78. The minimum absolute atomic E-state index is 0.418. The van der Waals surface area contributed by atoms with Gasteiger partial charge >= 0.3 is 0 Å². The number of nitrogens with one attached hydrogen (secondary N) is 1. The van der Waals surface area contributed by atoms with Gasteiger partial charge in [0.2, 0.25) is 5.95 Å². The van der Waals surface area contributed by atoms with Crippen molar-refractivity contribution in [2.45, 2.75) is 12.8 Å². The van der Waals surface area contributed by atoms with Crippen molar-refractivity contribution in [3.63, 3.8) is 0 Å². The second-order valence-corrected chi connectivity index (χ2v) is 5.25. The first kappa shape index (κ1) is 12.4. The van der Waals surface area contributed by atoms with Gasteiger partial charge in [-0.15, -0.1) is 0 Å². The maximum atomic E-state index is 5.38. The summed E-state index contributed by atoms with van der Waals surface area (Å²) in [4.78, 5) is 10.7. The highest BCUT2D eigenvalue weighted by Gasteiger charge is 2.21. The average Bonchev–Trinajstić information content (AvgIpc) is 2.47. The molecule has 6 heteroatoms. The zero-order chi connectivity index (χ0) is 13.2. The predicted octanol–water partition coefficient (Wildman–Crippen LogP) is 2.61. The van der Waals surface area contributed by atoms with Crippen LogP contribution in [0.15, 0.2) is 34.9 Å². The van der Waals surface area contributed by atoms with Crippen LogP contribution in [0, 0.1) is 0 Å².